The fourth-order valence-corrected chi connectivity index (χ4v) is 3.30. The molecule has 25 heavy (non-hydrogen) atoms. The molecule has 1 aliphatic carbocycles. The van der Waals surface area contributed by atoms with Crippen molar-refractivity contribution in [3.05, 3.63) is 28.8 Å². The number of carbonyl (C=O) groups excluding carboxylic acids is 3. The fraction of sp³-hybridized carbons (Fsp3) is 0.471. The number of primary amides is 1. The van der Waals surface area contributed by atoms with E-state index in [9.17, 15) is 14.4 Å². The Morgan fingerprint density at radius 2 is 1.96 bits per heavy atom. The van der Waals surface area contributed by atoms with Crippen LogP contribution in [0.15, 0.2) is 18.2 Å². The molecule has 2 fully saturated rings. The third-order valence-corrected chi connectivity index (χ3v) is 4.80. The SMILES string of the molecule is NC(=O)c1ccc(NC(=O)NC2CCCN(C(=O)C3CC3)C2)cc1Cl. The number of urea groups is 1. The lowest BCUT2D eigenvalue weighted by atomic mass is 10.1. The third kappa shape index (κ3) is 4.42. The van der Waals surface area contributed by atoms with Crippen LogP contribution in [0.1, 0.15) is 36.0 Å². The van der Waals surface area contributed by atoms with Gasteiger partial charge in [-0.25, -0.2) is 4.79 Å². The number of benzene rings is 1. The van der Waals surface area contributed by atoms with Crippen LogP contribution in [-0.2, 0) is 4.79 Å². The quantitative estimate of drug-likeness (QED) is 0.760. The van der Waals surface area contributed by atoms with Crippen LogP contribution in [0.2, 0.25) is 5.02 Å². The maximum absolute atomic E-state index is 12.2. The van der Waals surface area contributed by atoms with Crippen LogP contribution in [0, 0.1) is 5.92 Å². The highest BCUT2D eigenvalue weighted by atomic mass is 35.5. The molecule has 7 nitrogen and oxygen atoms in total. The first-order chi connectivity index (χ1) is 11.9. The first-order valence-electron chi connectivity index (χ1n) is 8.39. The number of hydrogen-bond donors (Lipinski definition) is 3. The van der Waals surface area contributed by atoms with E-state index in [2.05, 4.69) is 10.6 Å². The van der Waals surface area contributed by atoms with Gasteiger partial charge in [0.15, 0.2) is 0 Å². The van der Waals surface area contributed by atoms with Crippen LogP contribution in [0.25, 0.3) is 0 Å². The third-order valence-electron chi connectivity index (χ3n) is 4.49. The van der Waals surface area contributed by atoms with Gasteiger partial charge in [0.1, 0.15) is 0 Å². The molecular weight excluding hydrogens is 344 g/mol. The zero-order chi connectivity index (χ0) is 18.0. The molecule has 1 aromatic rings. The summed E-state index contributed by atoms with van der Waals surface area (Å²) in [5, 5.41) is 5.76. The number of anilines is 1. The normalized spacial score (nSPS) is 20.0. The molecule has 4 amide bonds. The second-order valence-electron chi connectivity index (χ2n) is 6.56. The van der Waals surface area contributed by atoms with Crippen LogP contribution >= 0.6 is 11.6 Å². The van der Waals surface area contributed by atoms with Gasteiger partial charge in [0.05, 0.1) is 10.6 Å². The van der Waals surface area contributed by atoms with Gasteiger partial charge in [-0.15, -0.1) is 0 Å². The van der Waals surface area contributed by atoms with Crippen molar-refractivity contribution in [2.45, 2.75) is 31.7 Å². The van der Waals surface area contributed by atoms with Gasteiger partial charge in [-0.05, 0) is 43.9 Å². The number of hydrogen-bond acceptors (Lipinski definition) is 3. The fourth-order valence-electron chi connectivity index (χ4n) is 3.03. The minimum Gasteiger partial charge on any atom is -0.366 e. The summed E-state index contributed by atoms with van der Waals surface area (Å²) in [6.07, 6.45) is 3.68. The van der Waals surface area contributed by atoms with E-state index in [0.29, 0.717) is 12.2 Å². The highest BCUT2D eigenvalue weighted by Gasteiger charge is 2.35. The Kier molecular flexibility index (Phi) is 5.13. The van der Waals surface area contributed by atoms with Crippen molar-refractivity contribution >= 4 is 35.1 Å². The molecule has 8 heteroatoms. The number of nitrogens with two attached hydrogens (primary N) is 1. The zero-order valence-electron chi connectivity index (χ0n) is 13.8. The van der Waals surface area contributed by atoms with Crippen molar-refractivity contribution in [3.63, 3.8) is 0 Å². The molecule has 1 atom stereocenters. The highest BCUT2D eigenvalue weighted by molar-refractivity contribution is 6.34. The van der Waals surface area contributed by atoms with Crippen molar-refractivity contribution in [1.29, 1.82) is 0 Å². The van der Waals surface area contributed by atoms with Crippen LogP contribution < -0.4 is 16.4 Å². The number of nitrogens with zero attached hydrogens (tertiary/aromatic N) is 1. The topological polar surface area (TPSA) is 105 Å². The van der Waals surface area contributed by atoms with Gasteiger partial charge in [0, 0.05) is 30.7 Å². The van der Waals surface area contributed by atoms with Gasteiger partial charge in [-0.3, -0.25) is 9.59 Å². The van der Waals surface area contributed by atoms with Gasteiger partial charge in [-0.1, -0.05) is 11.6 Å². The smallest absolute Gasteiger partial charge is 0.319 e. The summed E-state index contributed by atoms with van der Waals surface area (Å²) >= 11 is 5.97. The molecule has 4 N–H and O–H groups in total. The number of amides is 4. The van der Waals surface area contributed by atoms with Crippen LogP contribution in [0.3, 0.4) is 0 Å². The van der Waals surface area contributed by atoms with E-state index in [-0.39, 0.29) is 34.5 Å². The van der Waals surface area contributed by atoms with E-state index in [0.717, 1.165) is 32.2 Å². The molecular formula is C17H21ClN4O3. The number of rotatable bonds is 4. The first kappa shape index (κ1) is 17.5. The molecule has 0 spiro atoms. The summed E-state index contributed by atoms with van der Waals surface area (Å²) in [4.78, 5) is 37.3. The Bertz CT molecular complexity index is 705. The lowest BCUT2D eigenvalue weighted by molar-refractivity contribution is -0.133. The second kappa shape index (κ2) is 7.31. The Morgan fingerprint density at radius 1 is 1.20 bits per heavy atom. The minimum atomic E-state index is -0.622. The zero-order valence-corrected chi connectivity index (χ0v) is 14.5. The van der Waals surface area contributed by atoms with Crippen LogP contribution in [0.4, 0.5) is 10.5 Å². The monoisotopic (exact) mass is 364 g/mol. The van der Waals surface area contributed by atoms with Crippen LogP contribution in [0.5, 0.6) is 0 Å². The Balaban J connectivity index is 1.54. The molecule has 0 aromatic heterocycles. The summed E-state index contributed by atoms with van der Waals surface area (Å²) < 4.78 is 0. The molecule has 0 bridgehead atoms. The Labute approximate surface area is 150 Å². The highest BCUT2D eigenvalue weighted by Crippen LogP contribution is 2.31. The predicted molar refractivity (Wildman–Crippen MR) is 94.5 cm³/mol. The van der Waals surface area contributed by atoms with Crippen molar-refractivity contribution < 1.29 is 14.4 Å². The van der Waals surface area contributed by atoms with Gasteiger partial charge in [0.25, 0.3) is 0 Å². The molecule has 1 heterocycles. The van der Waals surface area contributed by atoms with Gasteiger partial charge < -0.3 is 21.3 Å². The number of halogens is 1. The standard InChI is InChI=1S/C17H21ClN4O3/c18-14-8-11(5-6-13(14)15(19)23)20-17(25)21-12-2-1-7-22(9-12)16(24)10-3-4-10/h5-6,8,10,12H,1-4,7,9H2,(H2,19,23)(H2,20,21,25). The van der Waals surface area contributed by atoms with Gasteiger partial charge in [0.2, 0.25) is 11.8 Å². The first-order valence-corrected chi connectivity index (χ1v) is 8.77. The molecule has 0 radical (unpaired) electrons. The Hall–Kier alpha value is -2.28. The Morgan fingerprint density at radius 3 is 2.60 bits per heavy atom. The molecule has 1 saturated heterocycles. The summed E-state index contributed by atoms with van der Waals surface area (Å²) in [7, 11) is 0. The average Bonchev–Trinajstić information content (AvgIpc) is 3.39. The lowest BCUT2D eigenvalue weighted by Crippen LogP contribution is -2.50. The van der Waals surface area contributed by atoms with Crippen molar-refractivity contribution in [2.24, 2.45) is 11.7 Å². The van der Waals surface area contributed by atoms with Gasteiger partial charge >= 0.3 is 6.03 Å². The largest absolute Gasteiger partial charge is 0.366 e. The van der Waals surface area contributed by atoms with E-state index in [1.54, 1.807) is 6.07 Å². The summed E-state index contributed by atoms with van der Waals surface area (Å²) in [6, 6.07) is 4.07. The van der Waals surface area contributed by atoms with Crippen molar-refractivity contribution in [1.82, 2.24) is 10.2 Å². The number of piperidine rings is 1. The van der Waals surface area contributed by atoms with E-state index in [4.69, 9.17) is 17.3 Å². The summed E-state index contributed by atoms with van der Waals surface area (Å²) in [5.41, 5.74) is 5.87. The number of likely N-dealkylation sites (tertiary alicyclic amines) is 1. The van der Waals surface area contributed by atoms with E-state index in [1.165, 1.54) is 12.1 Å². The molecule has 1 aromatic carbocycles. The number of carbonyl (C=O) groups is 3. The number of nitrogens with one attached hydrogen (secondary N) is 2. The van der Waals surface area contributed by atoms with E-state index < -0.39 is 5.91 Å². The van der Waals surface area contributed by atoms with Gasteiger partial charge in [-0.2, -0.15) is 0 Å². The molecule has 3 rings (SSSR count). The molecule has 2 aliphatic rings. The lowest BCUT2D eigenvalue weighted by Gasteiger charge is -2.33. The maximum Gasteiger partial charge on any atom is 0.319 e. The second-order valence-corrected chi connectivity index (χ2v) is 6.96. The molecule has 1 saturated carbocycles. The molecule has 1 aliphatic heterocycles. The summed E-state index contributed by atoms with van der Waals surface area (Å²) in [6.45, 7) is 1.31. The summed E-state index contributed by atoms with van der Waals surface area (Å²) in [5.74, 6) is -0.220. The average molecular weight is 365 g/mol. The van der Waals surface area contributed by atoms with Crippen molar-refractivity contribution in [2.75, 3.05) is 18.4 Å². The maximum atomic E-state index is 12.2. The minimum absolute atomic E-state index is 0.0724. The van der Waals surface area contributed by atoms with E-state index in [1.807, 2.05) is 4.90 Å². The van der Waals surface area contributed by atoms with E-state index >= 15 is 0 Å². The van der Waals surface area contributed by atoms with Crippen molar-refractivity contribution in [3.8, 4) is 0 Å². The predicted octanol–water partition coefficient (Wildman–Crippen LogP) is 1.96. The molecule has 1 unspecified atom stereocenters. The molecule has 134 valence electrons. The van der Waals surface area contributed by atoms with Crippen LogP contribution in [-0.4, -0.2) is 41.9 Å².